The second-order valence-corrected chi connectivity index (χ2v) is 6.64. The number of non-ortho nitro benzene ring substituents is 1. The molecule has 0 unspecified atom stereocenters. The Morgan fingerprint density at radius 3 is 2.92 bits per heavy atom. The minimum atomic E-state index is -0.530. The molecule has 1 aromatic heterocycles. The van der Waals surface area contributed by atoms with Gasteiger partial charge in [-0.3, -0.25) is 19.8 Å². The third-order valence-corrected chi connectivity index (χ3v) is 4.77. The van der Waals surface area contributed by atoms with Gasteiger partial charge in [0.15, 0.2) is 0 Å². The Kier molecular flexibility index (Phi) is 3.84. The third-order valence-electron chi connectivity index (χ3n) is 4.77. The normalized spacial score (nSPS) is 17.3. The molecule has 0 bridgehead atoms. The van der Waals surface area contributed by atoms with Crippen LogP contribution >= 0.6 is 0 Å². The zero-order chi connectivity index (χ0) is 17.6. The zero-order valence-electron chi connectivity index (χ0n) is 13.5. The second-order valence-electron chi connectivity index (χ2n) is 6.64. The van der Waals surface area contributed by atoms with Crippen molar-refractivity contribution in [3.8, 4) is 0 Å². The zero-order valence-corrected chi connectivity index (χ0v) is 13.5. The molecule has 4 rings (SSSR count). The molecular weight excluding hydrogens is 327 g/mol. The number of halogens is 1. The first kappa shape index (κ1) is 15.9. The van der Waals surface area contributed by atoms with Crippen molar-refractivity contribution in [1.29, 1.82) is 0 Å². The van der Waals surface area contributed by atoms with E-state index in [1.165, 1.54) is 6.07 Å². The number of hydrogen-bond donors (Lipinski definition) is 1. The van der Waals surface area contributed by atoms with E-state index in [2.05, 4.69) is 9.97 Å². The van der Waals surface area contributed by atoms with Gasteiger partial charge in [0.1, 0.15) is 11.6 Å². The van der Waals surface area contributed by atoms with E-state index in [1.807, 2.05) is 4.90 Å². The van der Waals surface area contributed by atoms with Crippen molar-refractivity contribution in [3.05, 3.63) is 67.1 Å². The first-order valence-electron chi connectivity index (χ1n) is 8.28. The van der Waals surface area contributed by atoms with Crippen LogP contribution in [0.4, 0.5) is 10.1 Å². The molecule has 1 aliphatic carbocycles. The van der Waals surface area contributed by atoms with Crippen molar-refractivity contribution in [3.63, 3.8) is 0 Å². The van der Waals surface area contributed by atoms with Gasteiger partial charge in [-0.1, -0.05) is 0 Å². The number of nitro benzene ring substituents is 1. The highest BCUT2D eigenvalue weighted by molar-refractivity contribution is 5.35. The molecule has 1 fully saturated rings. The lowest BCUT2D eigenvalue weighted by atomic mass is 10.0. The minimum Gasteiger partial charge on any atom is -0.310 e. The lowest BCUT2D eigenvalue weighted by molar-refractivity contribution is -0.385. The number of H-pyrrole nitrogens is 1. The summed E-state index contributed by atoms with van der Waals surface area (Å²) in [5.74, 6) is 0.628. The fraction of sp³-hybridized carbons (Fsp3) is 0.412. The van der Waals surface area contributed by atoms with Crippen molar-refractivity contribution < 1.29 is 9.31 Å². The average molecular weight is 344 g/mol. The summed E-state index contributed by atoms with van der Waals surface area (Å²) in [6.07, 6.45) is 2.63. The average Bonchev–Trinajstić information content (AvgIpc) is 3.41. The molecule has 25 heavy (non-hydrogen) atoms. The smallest absolute Gasteiger partial charge is 0.269 e. The Morgan fingerprint density at radius 1 is 1.40 bits per heavy atom. The van der Waals surface area contributed by atoms with E-state index in [9.17, 15) is 19.3 Å². The SMILES string of the molecule is O=c1[nH]c(C2CC2)nc2c1CCN(Cc1cc([N+](=O)[O-])ccc1F)C2. The molecule has 0 saturated heterocycles. The van der Waals surface area contributed by atoms with Crippen molar-refractivity contribution in [1.82, 2.24) is 14.9 Å². The maximum Gasteiger partial charge on any atom is 0.269 e. The molecule has 2 heterocycles. The number of benzene rings is 1. The summed E-state index contributed by atoms with van der Waals surface area (Å²) in [5, 5.41) is 10.9. The van der Waals surface area contributed by atoms with Crippen LogP contribution in [0, 0.1) is 15.9 Å². The molecule has 7 nitrogen and oxygen atoms in total. The quantitative estimate of drug-likeness (QED) is 0.678. The van der Waals surface area contributed by atoms with Crippen molar-refractivity contribution in [2.45, 2.75) is 38.3 Å². The predicted octanol–water partition coefficient (Wildman–Crippen LogP) is 2.25. The standard InChI is InChI=1S/C17H17FN4O3/c18-14-4-3-12(22(24)25)7-11(14)8-21-6-5-13-15(9-21)19-16(10-1-2-10)20-17(13)23/h3-4,7,10H,1-2,5-6,8-9H2,(H,19,20,23). The van der Waals surface area contributed by atoms with Gasteiger partial charge in [-0.15, -0.1) is 0 Å². The van der Waals surface area contributed by atoms with Gasteiger partial charge in [0.25, 0.3) is 11.2 Å². The van der Waals surface area contributed by atoms with Gasteiger partial charge < -0.3 is 4.98 Å². The van der Waals surface area contributed by atoms with Gasteiger partial charge in [-0.2, -0.15) is 0 Å². The highest BCUT2D eigenvalue weighted by Gasteiger charge is 2.29. The van der Waals surface area contributed by atoms with Crippen LogP contribution in [0.5, 0.6) is 0 Å². The number of nitro groups is 1. The van der Waals surface area contributed by atoms with Crippen molar-refractivity contribution in [2.75, 3.05) is 6.54 Å². The molecule has 0 atom stereocenters. The van der Waals surface area contributed by atoms with Crippen LogP contribution in [-0.4, -0.2) is 26.3 Å². The minimum absolute atomic E-state index is 0.0759. The number of fused-ring (bicyclic) bond motifs is 1. The molecule has 0 spiro atoms. The van der Waals surface area contributed by atoms with E-state index in [-0.39, 0.29) is 23.4 Å². The molecule has 2 aliphatic rings. The van der Waals surface area contributed by atoms with Crippen LogP contribution in [-0.2, 0) is 19.5 Å². The van der Waals surface area contributed by atoms with Gasteiger partial charge in [-0.05, 0) is 25.3 Å². The van der Waals surface area contributed by atoms with Gasteiger partial charge in [0.2, 0.25) is 0 Å². The first-order chi connectivity index (χ1) is 12.0. The van der Waals surface area contributed by atoms with E-state index < -0.39 is 10.7 Å². The third kappa shape index (κ3) is 3.17. The number of nitrogens with one attached hydrogen (secondary N) is 1. The summed E-state index contributed by atoms with van der Waals surface area (Å²) < 4.78 is 14.0. The van der Waals surface area contributed by atoms with Gasteiger partial charge in [-0.25, -0.2) is 9.37 Å². The molecule has 130 valence electrons. The highest BCUT2D eigenvalue weighted by Crippen LogP contribution is 2.37. The van der Waals surface area contributed by atoms with Gasteiger partial charge >= 0.3 is 0 Å². The maximum atomic E-state index is 14.0. The monoisotopic (exact) mass is 344 g/mol. The van der Waals surface area contributed by atoms with E-state index in [4.69, 9.17) is 0 Å². The molecule has 8 heteroatoms. The Balaban J connectivity index is 1.57. The molecule has 1 saturated carbocycles. The van der Waals surface area contributed by atoms with Crippen LogP contribution in [0.2, 0.25) is 0 Å². The summed E-state index contributed by atoms with van der Waals surface area (Å²) in [6.45, 7) is 1.28. The van der Waals surface area contributed by atoms with E-state index in [1.54, 1.807) is 0 Å². The topological polar surface area (TPSA) is 92.1 Å². The van der Waals surface area contributed by atoms with E-state index >= 15 is 0 Å². The van der Waals surface area contributed by atoms with E-state index in [0.717, 1.165) is 36.5 Å². The largest absolute Gasteiger partial charge is 0.310 e. The molecule has 1 aromatic carbocycles. The Hall–Kier alpha value is -2.61. The highest BCUT2D eigenvalue weighted by atomic mass is 19.1. The molecular formula is C17H17FN4O3. The van der Waals surface area contributed by atoms with Crippen LogP contribution in [0.15, 0.2) is 23.0 Å². The molecule has 1 N–H and O–H groups in total. The first-order valence-corrected chi connectivity index (χ1v) is 8.28. The van der Waals surface area contributed by atoms with Crippen LogP contribution in [0.3, 0.4) is 0 Å². The number of nitrogens with zero attached hydrogens (tertiary/aromatic N) is 3. The van der Waals surface area contributed by atoms with Crippen molar-refractivity contribution in [2.24, 2.45) is 0 Å². The molecule has 0 amide bonds. The molecule has 1 aliphatic heterocycles. The fourth-order valence-corrected chi connectivity index (χ4v) is 3.23. The maximum absolute atomic E-state index is 14.0. The number of aromatic nitrogens is 2. The van der Waals surface area contributed by atoms with Crippen LogP contribution in [0.25, 0.3) is 0 Å². The predicted molar refractivity (Wildman–Crippen MR) is 87.7 cm³/mol. The fourth-order valence-electron chi connectivity index (χ4n) is 3.23. The summed E-state index contributed by atoms with van der Waals surface area (Å²) >= 11 is 0. The van der Waals surface area contributed by atoms with E-state index in [0.29, 0.717) is 31.0 Å². The van der Waals surface area contributed by atoms with Crippen LogP contribution in [0.1, 0.15) is 41.4 Å². The lowest BCUT2D eigenvalue weighted by Gasteiger charge is -2.27. The van der Waals surface area contributed by atoms with Crippen molar-refractivity contribution >= 4 is 5.69 Å². The second kappa shape index (κ2) is 6.03. The summed E-state index contributed by atoms with van der Waals surface area (Å²) in [5.41, 5.74) is 1.51. The Labute approximate surface area is 142 Å². The lowest BCUT2D eigenvalue weighted by Crippen LogP contribution is -2.35. The Morgan fingerprint density at radius 2 is 2.20 bits per heavy atom. The van der Waals surface area contributed by atoms with Gasteiger partial charge in [0, 0.05) is 48.8 Å². The number of aromatic amines is 1. The summed E-state index contributed by atoms with van der Waals surface area (Å²) in [6, 6.07) is 3.55. The number of rotatable bonds is 4. The number of hydrogen-bond acceptors (Lipinski definition) is 5. The molecule has 0 radical (unpaired) electrons. The summed E-state index contributed by atoms with van der Waals surface area (Å²) in [4.78, 5) is 32.0. The Bertz CT molecular complexity index is 907. The molecule has 2 aromatic rings. The van der Waals surface area contributed by atoms with Crippen LogP contribution < -0.4 is 5.56 Å². The van der Waals surface area contributed by atoms with Gasteiger partial charge in [0.05, 0.1) is 10.6 Å². The summed E-state index contributed by atoms with van der Waals surface area (Å²) in [7, 11) is 0.